The van der Waals surface area contributed by atoms with Crippen LogP contribution in [0.15, 0.2) is 18.3 Å². The minimum atomic E-state index is -1.01. The van der Waals surface area contributed by atoms with E-state index in [1.54, 1.807) is 13.8 Å². The van der Waals surface area contributed by atoms with Crippen LogP contribution in [0.3, 0.4) is 0 Å². The van der Waals surface area contributed by atoms with Crippen LogP contribution in [-0.2, 0) is 4.79 Å². The number of amides is 1. The molecule has 0 spiro atoms. The Morgan fingerprint density at radius 2 is 2.17 bits per heavy atom. The van der Waals surface area contributed by atoms with Crippen molar-refractivity contribution in [2.75, 3.05) is 0 Å². The molecule has 0 aliphatic carbocycles. The molecule has 6 heteroatoms. The second-order valence-electron chi connectivity index (χ2n) is 4.26. The summed E-state index contributed by atoms with van der Waals surface area (Å²) < 4.78 is 13.3. The fourth-order valence-corrected chi connectivity index (χ4v) is 1.44. The maximum atomic E-state index is 13.3. The largest absolute Gasteiger partial charge is 0.481 e. The van der Waals surface area contributed by atoms with Gasteiger partial charge in [-0.25, -0.2) is 4.98 Å². The molecule has 0 saturated carbocycles. The quantitative estimate of drug-likeness (QED) is 0.779. The minimum absolute atomic E-state index is 0.0650. The van der Waals surface area contributed by atoms with Gasteiger partial charge in [0, 0.05) is 12.2 Å². The van der Waals surface area contributed by atoms with Crippen molar-refractivity contribution in [3.63, 3.8) is 0 Å². The van der Waals surface area contributed by atoms with Crippen LogP contribution >= 0.6 is 0 Å². The van der Waals surface area contributed by atoms with E-state index in [9.17, 15) is 14.0 Å². The van der Waals surface area contributed by atoms with Crippen LogP contribution in [0, 0.1) is 11.9 Å². The summed E-state index contributed by atoms with van der Waals surface area (Å²) in [6.07, 6.45) is 1.04. The molecule has 1 heterocycles. The zero-order valence-electron chi connectivity index (χ0n) is 10.2. The monoisotopic (exact) mass is 254 g/mol. The second kappa shape index (κ2) is 6.09. The van der Waals surface area contributed by atoms with Gasteiger partial charge in [-0.05, 0) is 18.1 Å². The first kappa shape index (κ1) is 14.1. The molecule has 2 N–H and O–H groups in total. The van der Waals surface area contributed by atoms with E-state index >= 15 is 0 Å². The number of rotatable bonds is 5. The van der Waals surface area contributed by atoms with Crippen molar-refractivity contribution in [2.45, 2.75) is 26.3 Å². The summed E-state index contributed by atoms with van der Waals surface area (Å²) in [6, 6.07) is 2.20. The van der Waals surface area contributed by atoms with E-state index in [2.05, 4.69) is 10.3 Å². The van der Waals surface area contributed by atoms with Gasteiger partial charge in [-0.15, -0.1) is 0 Å². The Kier molecular flexibility index (Phi) is 4.76. The number of aromatic nitrogens is 1. The van der Waals surface area contributed by atoms with E-state index < -0.39 is 23.9 Å². The molecule has 5 nitrogen and oxygen atoms in total. The van der Waals surface area contributed by atoms with Crippen LogP contribution in [0.4, 0.5) is 4.39 Å². The lowest BCUT2D eigenvalue weighted by Crippen LogP contribution is -2.40. The number of aliphatic carboxylic acids is 1. The van der Waals surface area contributed by atoms with Crippen LogP contribution in [0.1, 0.15) is 30.6 Å². The Balaban J connectivity index is 2.79. The minimum Gasteiger partial charge on any atom is -0.481 e. The highest BCUT2D eigenvalue weighted by atomic mass is 19.1. The van der Waals surface area contributed by atoms with Crippen molar-refractivity contribution in [3.8, 4) is 0 Å². The SMILES string of the molecule is CC(C)C(CC(=O)O)NC(=O)c1cccnc1F. The summed E-state index contributed by atoms with van der Waals surface area (Å²) in [4.78, 5) is 25.8. The average molecular weight is 254 g/mol. The third kappa shape index (κ3) is 3.80. The summed E-state index contributed by atoms with van der Waals surface area (Å²) >= 11 is 0. The molecule has 0 fully saturated rings. The molecule has 0 aliphatic rings. The van der Waals surface area contributed by atoms with Crippen LogP contribution < -0.4 is 5.32 Å². The Labute approximate surface area is 104 Å². The number of halogens is 1. The fourth-order valence-electron chi connectivity index (χ4n) is 1.44. The summed E-state index contributed by atoms with van der Waals surface area (Å²) in [5, 5.41) is 11.2. The smallest absolute Gasteiger partial charge is 0.305 e. The fraction of sp³-hybridized carbons (Fsp3) is 0.417. The molecule has 1 aromatic heterocycles. The second-order valence-corrected chi connectivity index (χ2v) is 4.26. The lowest BCUT2D eigenvalue weighted by molar-refractivity contribution is -0.137. The lowest BCUT2D eigenvalue weighted by Gasteiger charge is -2.20. The van der Waals surface area contributed by atoms with Gasteiger partial charge >= 0.3 is 5.97 Å². The van der Waals surface area contributed by atoms with Gasteiger partial charge < -0.3 is 10.4 Å². The number of hydrogen-bond donors (Lipinski definition) is 2. The molecular formula is C12H15FN2O3. The van der Waals surface area contributed by atoms with Crippen molar-refractivity contribution in [1.29, 1.82) is 0 Å². The molecular weight excluding hydrogens is 239 g/mol. The number of carboxylic acids is 1. The average Bonchev–Trinajstić information content (AvgIpc) is 2.27. The number of nitrogens with zero attached hydrogens (tertiary/aromatic N) is 1. The van der Waals surface area contributed by atoms with E-state index in [0.29, 0.717) is 0 Å². The zero-order valence-corrected chi connectivity index (χ0v) is 10.2. The third-order valence-corrected chi connectivity index (χ3v) is 2.52. The van der Waals surface area contributed by atoms with Gasteiger partial charge in [-0.1, -0.05) is 13.8 Å². The van der Waals surface area contributed by atoms with Crippen molar-refractivity contribution in [2.24, 2.45) is 5.92 Å². The number of carboxylic acid groups (broad SMARTS) is 1. The number of carbonyl (C=O) groups excluding carboxylic acids is 1. The Morgan fingerprint density at radius 3 is 2.67 bits per heavy atom. The van der Waals surface area contributed by atoms with Gasteiger partial charge in [0.1, 0.15) is 0 Å². The third-order valence-electron chi connectivity index (χ3n) is 2.52. The van der Waals surface area contributed by atoms with E-state index in [0.717, 1.165) is 0 Å². The van der Waals surface area contributed by atoms with E-state index in [-0.39, 0.29) is 17.9 Å². The van der Waals surface area contributed by atoms with Crippen LogP contribution in [-0.4, -0.2) is 28.0 Å². The molecule has 1 aromatic rings. The van der Waals surface area contributed by atoms with Crippen LogP contribution in [0.5, 0.6) is 0 Å². The zero-order chi connectivity index (χ0) is 13.7. The van der Waals surface area contributed by atoms with E-state index in [1.165, 1.54) is 18.3 Å². The Bertz CT molecular complexity index is 449. The molecule has 1 atom stereocenters. The molecule has 0 aliphatic heterocycles. The molecule has 1 amide bonds. The lowest BCUT2D eigenvalue weighted by atomic mass is 10.0. The predicted molar refractivity (Wildman–Crippen MR) is 62.5 cm³/mol. The number of nitrogens with one attached hydrogen (secondary N) is 1. The standard InChI is InChI=1S/C12H15FN2O3/c1-7(2)9(6-10(16)17)15-12(18)8-4-3-5-14-11(8)13/h3-5,7,9H,6H2,1-2H3,(H,15,18)(H,16,17). The highest BCUT2D eigenvalue weighted by Crippen LogP contribution is 2.09. The topological polar surface area (TPSA) is 79.3 Å². The van der Waals surface area contributed by atoms with Gasteiger partial charge in [0.15, 0.2) is 0 Å². The molecule has 0 saturated heterocycles. The number of hydrogen-bond acceptors (Lipinski definition) is 3. The summed E-state index contributed by atoms with van der Waals surface area (Å²) in [6.45, 7) is 3.57. The van der Waals surface area contributed by atoms with Gasteiger partial charge in [-0.2, -0.15) is 4.39 Å². The van der Waals surface area contributed by atoms with Gasteiger partial charge in [0.05, 0.1) is 12.0 Å². The molecule has 18 heavy (non-hydrogen) atoms. The first-order chi connectivity index (χ1) is 8.41. The predicted octanol–water partition coefficient (Wildman–Crippen LogP) is 1.45. The number of carbonyl (C=O) groups is 2. The molecule has 1 unspecified atom stereocenters. The van der Waals surface area contributed by atoms with Gasteiger partial charge in [0.25, 0.3) is 5.91 Å². The van der Waals surface area contributed by atoms with Gasteiger partial charge in [-0.3, -0.25) is 9.59 Å². The van der Waals surface area contributed by atoms with Crippen LogP contribution in [0.25, 0.3) is 0 Å². The maximum absolute atomic E-state index is 13.3. The van der Waals surface area contributed by atoms with Crippen molar-refractivity contribution >= 4 is 11.9 Å². The summed E-state index contributed by atoms with van der Waals surface area (Å²) in [5.41, 5.74) is -0.187. The Hall–Kier alpha value is -1.98. The molecule has 0 aromatic carbocycles. The van der Waals surface area contributed by atoms with Gasteiger partial charge in [0.2, 0.25) is 5.95 Å². The normalized spacial score (nSPS) is 12.2. The molecule has 0 bridgehead atoms. The maximum Gasteiger partial charge on any atom is 0.305 e. The summed E-state index contributed by atoms with van der Waals surface area (Å²) in [5.74, 6) is -2.60. The van der Waals surface area contributed by atoms with Crippen molar-refractivity contribution in [3.05, 3.63) is 29.8 Å². The van der Waals surface area contributed by atoms with E-state index in [4.69, 9.17) is 5.11 Å². The van der Waals surface area contributed by atoms with Crippen LogP contribution in [0.2, 0.25) is 0 Å². The molecule has 1 rings (SSSR count). The Morgan fingerprint density at radius 1 is 1.50 bits per heavy atom. The molecule has 0 radical (unpaired) electrons. The number of pyridine rings is 1. The first-order valence-electron chi connectivity index (χ1n) is 5.55. The highest BCUT2D eigenvalue weighted by Gasteiger charge is 2.21. The van der Waals surface area contributed by atoms with Crippen molar-refractivity contribution in [1.82, 2.24) is 10.3 Å². The van der Waals surface area contributed by atoms with E-state index in [1.807, 2.05) is 0 Å². The summed E-state index contributed by atoms with van der Waals surface area (Å²) in [7, 11) is 0. The van der Waals surface area contributed by atoms with Crippen molar-refractivity contribution < 1.29 is 19.1 Å². The highest BCUT2D eigenvalue weighted by molar-refractivity contribution is 5.94. The first-order valence-corrected chi connectivity index (χ1v) is 5.55. The molecule has 98 valence electrons.